The Hall–Kier alpha value is -1.80. The summed E-state index contributed by atoms with van der Waals surface area (Å²) in [5.41, 5.74) is 1.17. The highest BCUT2D eigenvalue weighted by molar-refractivity contribution is 5.85. The van der Waals surface area contributed by atoms with Gasteiger partial charge in [-0.05, 0) is 30.4 Å². The molecule has 0 radical (unpaired) electrons. The summed E-state index contributed by atoms with van der Waals surface area (Å²) in [5, 5.41) is 1.62. The van der Waals surface area contributed by atoms with Gasteiger partial charge >= 0.3 is 18.0 Å². The first-order chi connectivity index (χ1) is 10.5. The van der Waals surface area contributed by atoms with Gasteiger partial charge in [-0.1, -0.05) is 24.3 Å². The molecule has 1 aromatic rings. The highest BCUT2D eigenvalue weighted by Gasteiger charge is 2.76. The molecule has 2 nitrogen and oxygen atoms in total. The lowest BCUT2D eigenvalue weighted by molar-refractivity contribution is -0.344. The molecular weight excluding hydrogens is 331 g/mol. The van der Waals surface area contributed by atoms with Crippen molar-refractivity contribution in [2.45, 2.75) is 43.3 Å². The molecule has 1 aliphatic rings. The number of benzene rings is 1. The van der Waals surface area contributed by atoms with E-state index in [1.807, 2.05) is 0 Å². The summed E-state index contributed by atoms with van der Waals surface area (Å²) in [5.74, 6) is -15.0. The van der Waals surface area contributed by atoms with E-state index in [4.69, 9.17) is 0 Å². The molecule has 0 bridgehead atoms. The Bertz CT molecular complexity index is 597. The van der Waals surface area contributed by atoms with E-state index in [1.165, 1.54) is 6.07 Å². The van der Waals surface area contributed by atoms with Crippen molar-refractivity contribution in [1.82, 2.24) is 5.32 Å². The Morgan fingerprint density at radius 3 is 2.26 bits per heavy atom. The molecule has 128 valence electrons. The van der Waals surface area contributed by atoms with Crippen molar-refractivity contribution in [2.24, 2.45) is 0 Å². The summed E-state index contributed by atoms with van der Waals surface area (Å²) in [6.45, 7) is 0. The number of amides is 1. The minimum Gasteiger partial charge on any atom is -0.344 e. The van der Waals surface area contributed by atoms with Gasteiger partial charge in [0.1, 0.15) is 0 Å². The largest absolute Gasteiger partial charge is 0.460 e. The molecule has 23 heavy (non-hydrogen) atoms. The van der Waals surface area contributed by atoms with Crippen LogP contribution in [0.4, 0.5) is 30.7 Å². The maximum absolute atomic E-state index is 13.3. The Kier molecular flexibility index (Phi) is 4.34. The summed E-state index contributed by atoms with van der Waals surface area (Å²) in [6, 6.07) is 5.40. The second-order valence-corrected chi connectivity index (χ2v) is 5.26. The van der Waals surface area contributed by atoms with Gasteiger partial charge in [-0.3, -0.25) is 4.79 Å². The number of hydrogen-bond acceptors (Lipinski definition) is 1. The van der Waals surface area contributed by atoms with Crippen LogP contribution in [0.25, 0.3) is 0 Å². The van der Waals surface area contributed by atoms with Gasteiger partial charge in [0.05, 0.1) is 6.04 Å². The third kappa shape index (κ3) is 3.00. The lowest BCUT2D eigenvalue weighted by atomic mass is 9.87. The number of fused-ring (bicyclic) bond motifs is 1. The van der Waals surface area contributed by atoms with E-state index in [9.17, 15) is 35.5 Å². The van der Waals surface area contributed by atoms with Crippen LogP contribution in [-0.2, 0) is 11.2 Å². The third-order valence-electron chi connectivity index (χ3n) is 3.71. The fourth-order valence-electron chi connectivity index (χ4n) is 2.47. The van der Waals surface area contributed by atoms with Gasteiger partial charge in [-0.2, -0.15) is 30.7 Å². The lowest BCUT2D eigenvalue weighted by Gasteiger charge is -2.31. The Balaban J connectivity index is 2.23. The molecule has 1 atom stereocenters. The second kappa shape index (κ2) is 5.68. The second-order valence-electron chi connectivity index (χ2n) is 5.26. The molecule has 0 saturated carbocycles. The Morgan fingerprint density at radius 2 is 1.65 bits per heavy atom. The van der Waals surface area contributed by atoms with Crippen molar-refractivity contribution < 1.29 is 35.5 Å². The molecule has 0 saturated heterocycles. The molecular formula is C14H12F7NO. The molecule has 1 amide bonds. The number of aryl methyl sites for hydroxylation is 1. The zero-order valence-corrected chi connectivity index (χ0v) is 11.6. The van der Waals surface area contributed by atoms with Crippen LogP contribution >= 0.6 is 0 Å². The van der Waals surface area contributed by atoms with E-state index in [0.717, 1.165) is 5.56 Å². The number of nitrogens with one attached hydrogen (secondary N) is 1. The molecule has 9 heteroatoms. The summed E-state index contributed by atoms with van der Waals surface area (Å²) < 4.78 is 88.7. The number of halogens is 7. The van der Waals surface area contributed by atoms with Crippen LogP contribution in [-0.4, -0.2) is 23.9 Å². The third-order valence-corrected chi connectivity index (χ3v) is 3.71. The number of rotatable bonds is 3. The van der Waals surface area contributed by atoms with Crippen molar-refractivity contribution >= 4 is 5.91 Å². The van der Waals surface area contributed by atoms with Gasteiger partial charge in [0.2, 0.25) is 0 Å². The topological polar surface area (TPSA) is 29.1 Å². The number of alkyl halides is 7. The van der Waals surface area contributed by atoms with E-state index in [0.29, 0.717) is 18.4 Å². The highest BCUT2D eigenvalue weighted by atomic mass is 19.4. The SMILES string of the molecule is O=C(NC1CCCc2ccccc21)C(F)(F)C(F)(F)C(F)(F)F. The van der Waals surface area contributed by atoms with Crippen LogP contribution in [0.2, 0.25) is 0 Å². The van der Waals surface area contributed by atoms with Crippen molar-refractivity contribution in [1.29, 1.82) is 0 Å². The predicted molar refractivity (Wildman–Crippen MR) is 66.2 cm³/mol. The van der Waals surface area contributed by atoms with Gasteiger partial charge in [-0.25, -0.2) is 0 Å². The van der Waals surface area contributed by atoms with E-state index in [-0.39, 0.29) is 6.42 Å². The minimum atomic E-state index is -6.53. The maximum Gasteiger partial charge on any atom is 0.460 e. The molecule has 2 rings (SSSR count). The van der Waals surface area contributed by atoms with Crippen molar-refractivity contribution in [2.75, 3.05) is 0 Å². The molecule has 0 aliphatic heterocycles. The van der Waals surface area contributed by atoms with Crippen LogP contribution in [0.5, 0.6) is 0 Å². The predicted octanol–water partition coefficient (Wildman–Crippen LogP) is 4.01. The number of carbonyl (C=O) groups excluding carboxylic acids is 1. The number of carbonyl (C=O) groups is 1. The van der Waals surface area contributed by atoms with E-state index in [2.05, 4.69) is 0 Å². The van der Waals surface area contributed by atoms with Gasteiger partial charge < -0.3 is 5.32 Å². The Labute approximate surface area is 126 Å². The molecule has 1 unspecified atom stereocenters. The van der Waals surface area contributed by atoms with Crippen molar-refractivity contribution in [3.05, 3.63) is 35.4 Å². The van der Waals surface area contributed by atoms with E-state index >= 15 is 0 Å². The van der Waals surface area contributed by atoms with E-state index < -0.39 is 30.0 Å². The fraction of sp³-hybridized carbons (Fsp3) is 0.500. The van der Waals surface area contributed by atoms with Crippen molar-refractivity contribution in [3.8, 4) is 0 Å². The molecule has 0 aromatic heterocycles. The Morgan fingerprint density at radius 1 is 1.04 bits per heavy atom. The zero-order valence-electron chi connectivity index (χ0n) is 11.6. The first-order valence-electron chi connectivity index (χ1n) is 6.69. The lowest BCUT2D eigenvalue weighted by Crippen LogP contribution is -2.59. The first kappa shape index (κ1) is 17.6. The molecule has 1 aromatic carbocycles. The molecule has 0 spiro atoms. The molecule has 1 aliphatic carbocycles. The molecule has 1 N–H and O–H groups in total. The molecule has 0 heterocycles. The van der Waals surface area contributed by atoms with E-state index in [1.54, 1.807) is 23.5 Å². The summed E-state index contributed by atoms with van der Waals surface area (Å²) >= 11 is 0. The minimum absolute atomic E-state index is 0.177. The van der Waals surface area contributed by atoms with Crippen LogP contribution in [0, 0.1) is 0 Å². The average molecular weight is 343 g/mol. The van der Waals surface area contributed by atoms with Crippen molar-refractivity contribution in [3.63, 3.8) is 0 Å². The maximum atomic E-state index is 13.3. The van der Waals surface area contributed by atoms with Gasteiger partial charge in [0.25, 0.3) is 5.91 Å². The first-order valence-corrected chi connectivity index (χ1v) is 6.69. The van der Waals surface area contributed by atoms with Crippen LogP contribution in [0.1, 0.15) is 30.0 Å². The van der Waals surface area contributed by atoms with Crippen LogP contribution in [0.3, 0.4) is 0 Å². The van der Waals surface area contributed by atoms with Crippen LogP contribution < -0.4 is 5.32 Å². The van der Waals surface area contributed by atoms with Gasteiger partial charge in [0.15, 0.2) is 0 Å². The van der Waals surface area contributed by atoms with Gasteiger partial charge in [0, 0.05) is 0 Å². The quantitative estimate of drug-likeness (QED) is 0.826. The smallest absolute Gasteiger partial charge is 0.344 e. The highest BCUT2D eigenvalue weighted by Crippen LogP contribution is 2.47. The monoisotopic (exact) mass is 343 g/mol. The standard InChI is InChI=1S/C14H12F7NO/c15-12(16,13(17,18)14(19,20)21)11(23)22-10-7-3-5-8-4-1-2-6-9(8)10/h1-2,4,6,10H,3,5,7H2,(H,22,23). The summed E-state index contributed by atoms with van der Waals surface area (Å²) in [7, 11) is 0. The summed E-state index contributed by atoms with van der Waals surface area (Å²) in [6.07, 6.45) is -5.25. The fourth-order valence-corrected chi connectivity index (χ4v) is 2.47. The number of hydrogen-bond donors (Lipinski definition) is 1. The zero-order chi connectivity index (χ0) is 17.5. The summed E-state index contributed by atoms with van der Waals surface area (Å²) in [4.78, 5) is 11.4. The average Bonchev–Trinajstić information content (AvgIpc) is 2.46. The normalized spacial score (nSPS) is 19.2. The van der Waals surface area contributed by atoms with Gasteiger partial charge in [-0.15, -0.1) is 0 Å². The molecule has 0 fully saturated rings. The van der Waals surface area contributed by atoms with Crippen LogP contribution in [0.15, 0.2) is 24.3 Å².